The molecule has 0 radical (unpaired) electrons. The Morgan fingerprint density at radius 3 is 2.92 bits per heavy atom. The number of carbonyl (C=O) groups excluding carboxylic acids is 1. The Balaban J connectivity index is 1.46. The van der Waals surface area contributed by atoms with Crippen LogP contribution >= 0.6 is 0 Å². The van der Waals surface area contributed by atoms with Gasteiger partial charge in [0, 0.05) is 12.4 Å². The first-order valence-electron chi connectivity index (χ1n) is 8.52. The number of hydrogen-bond acceptors (Lipinski definition) is 4. The number of nitrogens with zero attached hydrogens (tertiary/aromatic N) is 2. The molecule has 1 fully saturated rings. The molecule has 0 saturated heterocycles. The maximum absolute atomic E-state index is 12.1. The molecule has 24 heavy (non-hydrogen) atoms. The molecule has 128 valence electrons. The minimum Gasteiger partial charge on any atom is -0.493 e. The Hall–Kier alpha value is -2.30. The summed E-state index contributed by atoms with van der Waals surface area (Å²) >= 11 is 0. The van der Waals surface area contributed by atoms with E-state index in [-0.39, 0.29) is 24.5 Å². The highest BCUT2D eigenvalue weighted by Crippen LogP contribution is 2.32. The zero-order valence-corrected chi connectivity index (χ0v) is 14.3. The van der Waals surface area contributed by atoms with Crippen LogP contribution in [0.4, 0.5) is 0 Å². The zero-order chi connectivity index (χ0) is 16.9. The van der Waals surface area contributed by atoms with Gasteiger partial charge in [0.1, 0.15) is 11.9 Å². The fourth-order valence-electron chi connectivity index (χ4n) is 3.11. The SMILES string of the molecule is Cc1ccc(OCCC(=O)O[C@@H]2CCC[C@H]2n2cccn2)cc1C. The van der Waals surface area contributed by atoms with Crippen molar-refractivity contribution in [3.8, 4) is 5.75 Å². The van der Waals surface area contributed by atoms with Crippen LogP contribution < -0.4 is 4.74 Å². The molecule has 0 amide bonds. The topological polar surface area (TPSA) is 53.4 Å². The monoisotopic (exact) mass is 328 g/mol. The van der Waals surface area contributed by atoms with Crippen LogP contribution in [0, 0.1) is 13.8 Å². The highest BCUT2D eigenvalue weighted by atomic mass is 16.5. The Kier molecular flexibility index (Phi) is 5.18. The van der Waals surface area contributed by atoms with E-state index in [1.54, 1.807) is 6.20 Å². The summed E-state index contributed by atoms with van der Waals surface area (Å²) in [6.45, 7) is 4.45. The van der Waals surface area contributed by atoms with Crippen LogP contribution in [-0.2, 0) is 9.53 Å². The Morgan fingerprint density at radius 2 is 2.17 bits per heavy atom. The van der Waals surface area contributed by atoms with Crippen molar-refractivity contribution in [1.29, 1.82) is 0 Å². The van der Waals surface area contributed by atoms with E-state index >= 15 is 0 Å². The number of hydrogen-bond donors (Lipinski definition) is 0. The minimum absolute atomic E-state index is 0.0842. The largest absolute Gasteiger partial charge is 0.493 e. The molecule has 1 aromatic heterocycles. The molecule has 2 atom stereocenters. The van der Waals surface area contributed by atoms with Crippen molar-refractivity contribution in [3.63, 3.8) is 0 Å². The van der Waals surface area contributed by atoms with Gasteiger partial charge in [-0.2, -0.15) is 5.10 Å². The van der Waals surface area contributed by atoms with Gasteiger partial charge in [0.05, 0.1) is 19.1 Å². The second kappa shape index (κ2) is 7.51. The van der Waals surface area contributed by atoms with Gasteiger partial charge < -0.3 is 9.47 Å². The first-order chi connectivity index (χ1) is 11.6. The quantitative estimate of drug-likeness (QED) is 0.760. The van der Waals surface area contributed by atoms with Gasteiger partial charge in [0.25, 0.3) is 0 Å². The predicted octanol–water partition coefficient (Wildman–Crippen LogP) is 3.61. The fourth-order valence-corrected chi connectivity index (χ4v) is 3.11. The van der Waals surface area contributed by atoms with Crippen LogP contribution in [0.25, 0.3) is 0 Å². The zero-order valence-electron chi connectivity index (χ0n) is 14.3. The molecule has 3 rings (SSSR count). The standard InChI is InChI=1S/C19H24N2O3/c1-14-7-8-16(13-15(14)2)23-12-9-19(22)24-18-6-3-5-17(18)21-11-4-10-20-21/h4,7-8,10-11,13,17-18H,3,5-6,9,12H2,1-2H3/t17-,18-/m1/s1. The number of ether oxygens (including phenoxy) is 2. The first kappa shape index (κ1) is 16.6. The number of esters is 1. The molecule has 1 aliphatic rings. The summed E-state index contributed by atoms with van der Waals surface area (Å²) in [7, 11) is 0. The average Bonchev–Trinajstić information content (AvgIpc) is 3.21. The lowest BCUT2D eigenvalue weighted by molar-refractivity contribution is -0.151. The van der Waals surface area contributed by atoms with Crippen LogP contribution in [-0.4, -0.2) is 28.5 Å². The fraction of sp³-hybridized carbons (Fsp3) is 0.474. The molecule has 0 bridgehead atoms. The minimum atomic E-state index is -0.206. The van der Waals surface area contributed by atoms with E-state index in [2.05, 4.69) is 12.0 Å². The van der Waals surface area contributed by atoms with Crippen molar-refractivity contribution >= 4 is 5.97 Å². The van der Waals surface area contributed by atoms with Crippen molar-refractivity contribution in [2.45, 2.75) is 51.7 Å². The summed E-state index contributed by atoms with van der Waals surface area (Å²) in [4.78, 5) is 12.1. The average molecular weight is 328 g/mol. The summed E-state index contributed by atoms with van der Waals surface area (Å²) in [5, 5.41) is 4.27. The van der Waals surface area contributed by atoms with E-state index in [0.717, 1.165) is 25.0 Å². The van der Waals surface area contributed by atoms with E-state index in [1.165, 1.54) is 11.1 Å². The van der Waals surface area contributed by atoms with Crippen LogP contribution in [0.5, 0.6) is 5.75 Å². The van der Waals surface area contributed by atoms with E-state index in [4.69, 9.17) is 9.47 Å². The van der Waals surface area contributed by atoms with Crippen LogP contribution in [0.2, 0.25) is 0 Å². The lowest BCUT2D eigenvalue weighted by Gasteiger charge is -2.20. The Labute approximate surface area is 142 Å². The van der Waals surface area contributed by atoms with Crippen LogP contribution in [0.15, 0.2) is 36.7 Å². The summed E-state index contributed by atoms with van der Waals surface area (Å²) in [5.41, 5.74) is 2.41. The maximum Gasteiger partial charge on any atom is 0.309 e. The maximum atomic E-state index is 12.1. The molecular formula is C19H24N2O3. The molecule has 5 nitrogen and oxygen atoms in total. The van der Waals surface area contributed by atoms with Gasteiger partial charge in [-0.15, -0.1) is 0 Å². The Morgan fingerprint density at radius 1 is 1.29 bits per heavy atom. The predicted molar refractivity (Wildman–Crippen MR) is 91.0 cm³/mol. The second-order valence-electron chi connectivity index (χ2n) is 6.36. The van der Waals surface area contributed by atoms with Crippen molar-refractivity contribution in [2.24, 2.45) is 0 Å². The Bertz CT molecular complexity index is 682. The molecule has 1 aromatic carbocycles. The number of rotatable bonds is 6. The van der Waals surface area contributed by atoms with E-state index < -0.39 is 0 Å². The number of aryl methyl sites for hydroxylation is 2. The van der Waals surface area contributed by atoms with Gasteiger partial charge in [0.2, 0.25) is 0 Å². The summed E-state index contributed by atoms with van der Waals surface area (Å²) < 4.78 is 13.2. The molecule has 0 N–H and O–H groups in total. The molecular weight excluding hydrogens is 304 g/mol. The van der Waals surface area contributed by atoms with Gasteiger partial charge in [-0.05, 0) is 62.4 Å². The third-order valence-electron chi connectivity index (χ3n) is 4.62. The van der Waals surface area contributed by atoms with E-state index in [9.17, 15) is 4.79 Å². The molecule has 0 unspecified atom stereocenters. The van der Waals surface area contributed by atoms with Gasteiger partial charge in [-0.25, -0.2) is 0 Å². The highest BCUT2D eigenvalue weighted by Gasteiger charge is 2.32. The smallest absolute Gasteiger partial charge is 0.309 e. The third-order valence-corrected chi connectivity index (χ3v) is 4.62. The molecule has 1 heterocycles. The highest BCUT2D eigenvalue weighted by molar-refractivity contribution is 5.69. The van der Waals surface area contributed by atoms with Crippen molar-refractivity contribution in [1.82, 2.24) is 9.78 Å². The second-order valence-corrected chi connectivity index (χ2v) is 6.36. The lowest BCUT2D eigenvalue weighted by atomic mass is 10.1. The van der Waals surface area contributed by atoms with E-state index in [0.29, 0.717) is 6.61 Å². The van der Waals surface area contributed by atoms with Crippen molar-refractivity contribution < 1.29 is 14.3 Å². The van der Waals surface area contributed by atoms with Gasteiger partial charge in [0.15, 0.2) is 0 Å². The van der Waals surface area contributed by atoms with Crippen LogP contribution in [0.3, 0.4) is 0 Å². The molecule has 5 heteroatoms. The van der Waals surface area contributed by atoms with Crippen molar-refractivity contribution in [3.05, 3.63) is 47.8 Å². The molecule has 2 aromatic rings. The van der Waals surface area contributed by atoms with Gasteiger partial charge >= 0.3 is 5.97 Å². The normalized spacial score (nSPS) is 20.1. The van der Waals surface area contributed by atoms with Gasteiger partial charge in [-0.3, -0.25) is 9.48 Å². The molecule has 1 saturated carbocycles. The third kappa shape index (κ3) is 3.96. The first-order valence-corrected chi connectivity index (χ1v) is 8.52. The summed E-state index contributed by atoms with van der Waals surface area (Å²) in [6.07, 6.45) is 6.82. The van der Waals surface area contributed by atoms with Crippen LogP contribution in [0.1, 0.15) is 42.9 Å². The molecule has 1 aliphatic carbocycles. The number of carbonyl (C=O) groups is 1. The van der Waals surface area contributed by atoms with Gasteiger partial charge in [-0.1, -0.05) is 6.07 Å². The van der Waals surface area contributed by atoms with E-state index in [1.807, 2.05) is 42.1 Å². The number of benzene rings is 1. The number of aromatic nitrogens is 2. The summed E-state index contributed by atoms with van der Waals surface area (Å²) in [5.74, 6) is 0.587. The lowest BCUT2D eigenvalue weighted by Crippen LogP contribution is -2.26. The molecule has 0 aliphatic heterocycles. The van der Waals surface area contributed by atoms with Crippen molar-refractivity contribution in [2.75, 3.05) is 6.61 Å². The molecule has 0 spiro atoms. The summed E-state index contributed by atoms with van der Waals surface area (Å²) in [6, 6.07) is 8.00.